The van der Waals surface area contributed by atoms with Crippen molar-refractivity contribution in [2.45, 2.75) is 32.0 Å². The molecule has 0 aliphatic heterocycles. The zero-order chi connectivity index (χ0) is 6.85. The van der Waals surface area contributed by atoms with Crippen molar-refractivity contribution in [1.82, 2.24) is 0 Å². The van der Waals surface area contributed by atoms with E-state index in [9.17, 15) is 4.79 Å². The summed E-state index contributed by atoms with van der Waals surface area (Å²) in [7, 11) is 5.57. The van der Waals surface area contributed by atoms with Crippen LogP contribution in [0, 0.1) is 5.92 Å². The summed E-state index contributed by atoms with van der Waals surface area (Å²) in [5.74, 6) is 0.799. The predicted molar refractivity (Wildman–Crippen MR) is 37.5 cm³/mol. The van der Waals surface area contributed by atoms with E-state index in [0.717, 1.165) is 12.8 Å². The van der Waals surface area contributed by atoms with Crippen LogP contribution in [0.5, 0.6) is 0 Å². The molecule has 48 valence electrons. The fourth-order valence-corrected chi connectivity index (χ4v) is 1.40. The van der Waals surface area contributed by atoms with Crippen LogP contribution in [0.1, 0.15) is 26.2 Å². The number of ketones is 1. The van der Waals surface area contributed by atoms with Gasteiger partial charge in [-0.05, 0) is 12.8 Å². The van der Waals surface area contributed by atoms with Gasteiger partial charge in [-0.25, -0.2) is 0 Å². The standard InChI is InChI=1S/C7H11BO/c1-2-5-3-6(8)4-7(5)9/h5-6H,2-4H2,1H3. The molecule has 2 radical (unpaired) electrons. The van der Waals surface area contributed by atoms with Crippen molar-refractivity contribution in [3.05, 3.63) is 0 Å². The molecule has 1 nitrogen and oxygen atoms in total. The van der Waals surface area contributed by atoms with Gasteiger partial charge in [-0.15, -0.1) is 0 Å². The first-order valence-electron chi connectivity index (χ1n) is 3.52. The summed E-state index contributed by atoms with van der Waals surface area (Å²) in [6, 6.07) is 0. The third-order valence-corrected chi connectivity index (χ3v) is 2.00. The summed E-state index contributed by atoms with van der Waals surface area (Å²) in [4.78, 5) is 10.9. The fourth-order valence-electron chi connectivity index (χ4n) is 1.40. The average Bonchev–Trinajstić information content (AvgIpc) is 2.10. The van der Waals surface area contributed by atoms with Crippen LogP contribution in [0.15, 0.2) is 0 Å². The lowest BCUT2D eigenvalue weighted by Gasteiger charge is -2.00. The predicted octanol–water partition coefficient (Wildman–Crippen LogP) is 1.33. The highest BCUT2D eigenvalue weighted by molar-refractivity contribution is 6.14. The van der Waals surface area contributed by atoms with Crippen molar-refractivity contribution >= 4 is 13.6 Å². The lowest BCUT2D eigenvalue weighted by atomic mass is 9.85. The minimum atomic E-state index is 0.155. The molecule has 1 aliphatic carbocycles. The number of rotatable bonds is 1. The first-order valence-corrected chi connectivity index (χ1v) is 3.52. The Bertz CT molecular complexity index is 122. The van der Waals surface area contributed by atoms with Crippen LogP contribution in [-0.4, -0.2) is 13.6 Å². The molecule has 1 rings (SSSR count). The van der Waals surface area contributed by atoms with Crippen LogP contribution in [0.2, 0.25) is 5.82 Å². The van der Waals surface area contributed by atoms with Crippen molar-refractivity contribution in [2.24, 2.45) is 5.92 Å². The molecule has 0 aromatic heterocycles. The molecule has 0 amide bonds. The monoisotopic (exact) mass is 122 g/mol. The molecule has 1 saturated carbocycles. The Hall–Kier alpha value is -0.265. The highest BCUT2D eigenvalue weighted by atomic mass is 16.1. The molecular formula is C7H11BO. The maximum atomic E-state index is 10.9. The number of carbonyl (C=O) groups is 1. The topological polar surface area (TPSA) is 17.1 Å². The number of carbonyl (C=O) groups excluding carboxylic acids is 1. The van der Waals surface area contributed by atoms with E-state index in [1.54, 1.807) is 0 Å². The van der Waals surface area contributed by atoms with Gasteiger partial charge < -0.3 is 0 Å². The summed E-state index contributed by atoms with van der Waals surface area (Å²) >= 11 is 0. The first-order chi connectivity index (χ1) is 4.24. The third kappa shape index (κ3) is 1.35. The molecule has 9 heavy (non-hydrogen) atoms. The lowest BCUT2D eigenvalue weighted by molar-refractivity contribution is -0.120. The van der Waals surface area contributed by atoms with E-state index < -0.39 is 0 Å². The van der Waals surface area contributed by atoms with E-state index in [0.29, 0.717) is 12.2 Å². The minimum absolute atomic E-state index is 0.155. The minimum Gasteiger partial charge on any atom is -0.299 e. The van der Waals surface area contributed by atoms with Crippen LogP contribution in [0.25, 0.3) is 0 Å². The number of hydrogen-bond donors (Lipinski definition) is 0. The molecule has 1 aliphatic rings. The van der Waals surface area contributed by atoms with Gasteiger partial charge in [0.05, 0.1) is 7.85 Å². The smallest absolute Gasteiger partial charge is 0.135 e. The largest absolute Gasteiger partial charge is 0.299 e. The van der Waals surface area contributed by atoms with Gasteiger partial charge in [0, 0.05) is 12.3 Å². The van der Waals surface area contributed by atoms with Gasteiger partial charge in [-0.3, -0.25) is 4.79 Å². The second-order valence-corrected chi connectivity index (χ2v) is 2.77. The van der Waals surface area contributed by atoms with Gasteiger partial charge in [0.25, 0.3) is 0 Å². The molecular weight excluding hydrogens is 111 g/mol. The van der Waals surface area contributed by atoms with Gasteiger partial charge in [0.15, 0.2) is 0 Å². The second-order valence-electron chi connectivity index (χ2n) is 2.77. The second kappa shape index (κ2) is 2.55. The van der Waals surface area contributed by atoms with E-state index in [-0.39, 0.29) is 11.7 Å². The van der Waals surface area contributed by atoms with E-state index in [1.165, 1.54) is 0 Å². The maximum absolute atomic E-state index is 10.9. The normalized spacial score (nSPS) is 35.4. The average molecular weight is 122 g/mol. The molecule has 2 heteroatoms. The summed E-state index contributed by atoms with van der Waals surface area (Å²) in [6.45, 7) is 2.04. The van der Waals surface area contributed by atoms with E-state index in [1.807, 2.05) is 6.92 Å². The zero-order valence-corrected chi connectivity index (χ0v) is 5.76. The fraction of sp³-hybridized carbons (Fsp3) is 0.857. The highest BCUT2D eigenvalue weighted by Gasteiger charge is 2.27. The van der Waals surface area contributed by atoms with Gasteiger partial charge in [0.2, 0.25) is 0 Å². The van der Waals surface area contributed by atoms with Crippen LogP contribution >= 0.6 is 0 Å². The SMILES string of the molecule is [B]C1CC(=O)C(CC)C1. The molecule has 2 atom stereocenters. The van der Waals surface area contributed by atoms with Crippen LogP contribution < -0.4 is 0 Å². The van der Waals surface area contributed by atoms with Gasteiger partial charge in [-0.1, -0.05) is 12.7 Å². The van der Waals surface area contributed by atoms with Crippen molar-refractivity contribution in [3.8, 4) is 0 Å². The lowest BCUT2D eigenvalue weighted by Crippen LogP contribution is -2.03. The molecule has 1 fully saturated rings. The summed E-state index contributed by atoms with van der Waals surface area (Å²) < 4.78 is 0. The van der Waals surface area contributed by atoms with Gasteiger partial charge in [0.1, 0.15) is 5.78 Å². The van der Waals surface area contributed by atoms with Crippen molar-refractivity contribution in [2.75, 3.05) is 0 Å². The van der Waals surface area contributed by atoms with Crippen LogP contribution in [0.3, 0.4) is 0 Å². The highest BCUT2D eigenvalue weighted by Crippen LogP contribution is 2.31. The van der Waals surface area contributed by atoms with E-state index in [4.69, 9.17) is 7.85 Å². The molecule has 0 aromatic carbocycles. The Morgan fingerprint density at radius 1 is 1.78 bits per heavy atom. The Kier molecular flexibility index (Phi) is 1.94. The van der Waals surface area contributed by atoms with Gasteiger partial charge >= 0.3 is 0 Å². The quantitative estimate of drug-likeness (QED) is 0.479. The van der Waals surface area contributed by atoms with E-state index >= 15 is 0 Å². The Balaban J connectivity index is 2.48. The van der Waals surface area contributed by atoms with Crippen molar-refractivity contribution in [3.63, 3.8) is 0 Å². The van der Waals surface area contributed by atoms with E-state index in [2.05, 4.69) is 0 Å². The molecule has 0 bridgehead atoms. The van der Waals surface area contributed by atoms with Crippen molar-refractivity contribution in [1.29, 1.82) is 0 Å². The molecule has 0 heterocycles. The maximum Gasteiger partial charge on any atom is 0.135 e. The van der Waals surface area contributed by atoms with Crippen LogP contribution in [-0.2, 0) is 4.79 Å². The van der Waals surface area contributed by atoms with Crippen molar-refractivity contribution < 1.29 is 4.79 Å². The number of Topliss-reactive ketones (excluding diaryl/α,β-unsaturated/α-hetero) is 1. The summed E-state index contributed by atoms with van der Waals surface area (Å²) in [5, 5.41) is 0. The zero-order valence-electron chi connectivity index (χ0n) is 5.76. The molecule has 0 N–H and O–H groups in total. The van der Waals surface area contributed by atoms with Gasteiger partial charge in [-0.2, -0.15) is 0 Å². The Morgan fingerprint density at radius 3 is 2.67 bits per heavy atom. The summed E-state index contributed by atoms with van der Waals surface area (Å²) in [5.41, 5.74) is 0. The Labute approximate surface area is 57.2 Å². The summed E-state index contributed by atoms with van der Waals surface area (Å²) in [6.07, 6.45) is 2.49. The first kappa shape index (κ1) is 6.85. The Morgan fingerprint density at radius 2 is 2.44 bits per heavy atom. The molecule has 0 saturated heterocycles. The number of hydrogen-bond acceptors (Lipinski definition) is 1. The van der Waals surface area contributed by atoms with Crippen LogP contribution in [0.4, 0.5) is 0 Å². The molecule has 2 unspecified atom stereocenters. The molecule has 0 spiro atoms. The molecule has 0 aromatic rings. The third-order valence-electron chi connectivity index (χ3n) is 2.00.